The third kappa shape index (κ3) is 2.33. The fourth-order valence-corrected chi connectivity index (χ4v) is 1.06. The fraction of sp³-hybridized carbons (Fsp3) is 0.286. The molecule has 2 N–H and O–H groups in total. The second-order valence-electron chi connectivity index (χ2n) is 2.73. The Morgan fingerprint density at radius 3 is 2.53 bits per heavy atom. The highest BCUT2D eigenvalue weighted by Crippen LogP contribution is 2.36. The molecule has 0 saturated carbocycles. The van der Waals surface area contributed by atoms with E-state index in [1.54, 1.807) is 0 Å². The number of hydrogen-bond acceptors (Lipinski definition) is 4. The van der Waals surface area contributed by atoms with Gasteiger partial charge in [0, 0.05) is 23.0 Å². The van der Waals surface area contributed by atoms with Crippen LogP contribution in [0.25, 0.3) is 0 Å². The van der Waals surface area contributed by atoms with Gasteiger partial charge in [-0.05, 0) is 6.07 Å². The molecule has 0 saturated heterocycles. The minimum absolute atomic E-state index is 0.302. The first-order valence-corrected chi connectivity index (χ1v) is 3.73. The van der Waals surface area contributed by atoms with E-state index >= 15 is 0 Å². The number of nitrogens with zero attached hydrogens (tertiary/aromatic N) is 2. The first-order chi connectivity index (χ1) is 6.84. The summed E-state index contributed by atoms with van der Waals surface area (Å²) >= 11 is 0. The Morgan fingerprint density at radius 2 is 2.13 bits per heavy atom. The molecule has 1 heterocycles. The SMILES string of the molecule is Nc1ccncc1C([N+](=O)[O-])C(F)(F)F. The van der Waals surface area contributed by atoms with Gasteiger partial charge in [-0.15, -0.1) is 0 Å². The highest BCUT2D eigenvalue weighted by molar-refractivity contribution is 5.46. The lowest BCUT2D eigenvalue weighted by Crippen LogP contribution is -2.28. The van der Waals surface area contributed by atoms with Gasteiger partial charge in [0.2, 0.25) is 0 Å². The average molecular weight is 221 g/mol. The molecule has 0 aliphatic heterocycles. The number of rotatable bonds is 2. The molecular weight excluding hydrogens is 215 g/mol. The molecule has 0 amide bonds. The molecule has 5 nitrogen and oxygen atoms in total. The molecule has 15 heavy (non-hydrogen) atoms. The minimum Gasteiger partial charge on any atom is -0.398 e. The highest BCUT2D eigenvalue weighted by atomic mass is 19.4. The van der Waals surface area contributed by atoms with E-state index in [4.69, 9.17) is 5.73 Å². The van der Waals surface area contributed by atoms with Crippen molar-refractivity contribution in [1.82, 2.24) is 4.98 Å². The molecular formula is C7H6F3N3O2. The second kappa shape index (κ2) is 3.71. The van der Waals surface area contributed by atoms with E-state index in [1.807, 2.05) is 0 Å². The van der Waals surface area contributed by atoms with E-state index < -0.39 is 22.7 Å². The van der Waals surface area contributed by atoms with Gasteiger partial charge in [-0.2, -0.15) is 13.2 Å². The first kappa shape index (κ1) is 11.2. The van der Waals surface area contributed by atoms with Crippen LogP contribution in [0.5, 0.6) is 0 Å². The number of halogens is 3. The van der Waals surface area contributed by atoms with Crippen molar-refractivity contribution < 1.29 is 18.1 Å². The second-order valence-corrected chi connectivity index (χ2v) is 2.73. The van der Waals surface area contributed by atoms with Gasteiger partial charge in [-0.1, -0.05) is 0 Å². The maximum atomic E-state index is 12.3. The molecule has 0 bridgehead atoms. The van der Waals surface area contributed by atoms with Crippen molar-refractivity contribution in [3.05, 3.63) is 34.1 Å². The van der Waals surface area contributed by atoms with Gasteiger partial charge in [0.1, 0.15) is 0 Å². The minimum atomic E-state index is -4.99. The number of nitro groups is 1. The zero-order valence-electron chi connectivity index (χ0n) is 7.23. The predicted octanol–water partition coefficient (Wildman–Crippen LogP) is 1.54. The van der Waals surface area contributed by atoms with Gasteiger partial charge in [0.15, 0.2) is 0 Å². The van der Waals surface area contributed by atoms with E-state index in [0.717, 1.165) is 18.5 Å². The van der Waals surface area contributed by atoms with Crippen LogP contribution >= 0.6 is 0 Å². The van der Waals surface area contributed by atoms with E-state index in [2.05, 4.69) is 4.98 Å². The first-order valence-electron chi connectivity index (χ1n) is 3.73. The van der Waals surface area contributed by atoms with Crippen LogP contribution in [-0.2, 0) is 0 Å². The van der Waals surface area contributed by atoms with Crippen LogP contribution in [0.15, 0.2) is 18.5 Å². The Bertz CT molecular complexity index is 380. The van der Waals surface area contributed by atoms with Crippen molar-refractivity contribution in [2.45, 2.75) is 12.2 Å². The van der Waals surface area contributed by atoms with Gasteiger partial charge in [-0.3, -0.25) is 15.1 Å². The van der Waals surface area contributed by atoms with Crippen LogP contribution in [0.2, 0.25) is 0 Å². The summed E-state index contributed by atoms with van der Waals surface area (Å²) in [5, 5.41) is 10.3. The Hall–Kier alpha value is -1.86. The van der Waals surface area contributed by atoms with Gasteiger partial charge in [0.25, 0.3) is 0 Å². The van der Waals surface area contributed by atoms with E-state index in [-0.39, 0.29) is 5.69 Å². The van der Waals surface area contributed by atoms with Crippen LogP contribution in [0.1, 0.15) is 11.6 Å². The summed E-state index contributed by atoms with van der Waals surface area (Å²) in [7, 11) is 0. The zero-order valence-corrected chi connectivity index (χ0v) is 7.23. The Kier molecular flexibility index (Phi) is 2.78. The van der Waals surface area contributed by atoms with Gasteiger partial charge < -0.3 is 5.73 Å². The Labute approximate surface area is 81.9 Å². The lowest BCUT2D eigenvalue weighted by molar-refractivity contribution is -0.570. The number of pyridine rings is 1. The van der Waals surface area contributed by atoms with Crippen LogP contribution in [-0.4, -0.2) is 16.1 Å². The van der Waals surface area contributed by atoms with E-state index in [0.29, 0.717) is 0 Å². The third-order valence-electron chi connectivity index (χ3n) is 1.70. The van der Waals surface area contributed by atoms with Gasteiger partial charge in [0.05, 0.1) is 5.56 Å². The molecule has 8 heteroatoms. The van der Waals surface area contributed by atoms with Crippen molar-refractivity contribution in [2.75, 3.05) is 5.73 Å². The molecule has 82 valence electrons. The fourth-order valence-electron chi connectivity index (χ4n) is 1.06. The summed E-state index contributed by atoms with van der Waals surface area (Å²) in [6.07, 6.45) is -3.08. The average Bonchev–Trinajstić information content (AvgIpc) is 2.05. The smallest absolute Gasteiger partial charge is 0.398 e. The summed E-state index contributed by atoms with van der Waals surface area (Å²) in [4.78, 5) is 12.2. The summed E-state index contributed by atoms with van der Waals surface area (Å²) in [6.45, 7) is 0. The number of anilines is 1. The van der Waals surface area contributed by atoms with Crippen molar-refractivity contribution >= 4 is 5.69 Å². The number of hydrogen-bond donors (Lipinski definition) is 1. The highest BCUT2D eigenvalue weighted by Gasteiger charge is 2.51. The van der Waals surface area contributed by atoms with E-state index in [9.17, 15) is 23.3 Å². The quantitative estimate of drug-likeness (QED) is 0.606. The number of nitrogen functional groups attached to an aromatic ring is 1. The molecule has 0 radical (unpaired) electrons. The molecule has 1 rings (SSSR count). The van der Waals surface area contributed by atoms with E-state index in [1.165, 1.54) is 0 Å². The largest absolute Gasteiger partial charge is 0.462 e. The molecule has 0 spiro atoms. The monoisotopic (exact) mass is 221 g/mol. The van der Waals surface area contributed by atoms with Crippen molar-refractivity contribution in [3.8, 4) is 0 Å². The predicted molar refractivity (Wildman–Crippen MR) is 44.4 cm³/mol. The van der Waals surface area contributed by atoms with Crippen LogP contribution in [0.4, 0.5) is 18.9 Å². The molecule has 0 fully saturated rings. The standard InChI is InChI=1S/C7H6F3N3O2/c8-7(9,10)6(13(14)15)4-3-12-2-1-5(4)11/h1-3,6H,(H2,11,12). The maximum absolute atomic E-state index is 12.3. The summed E-state index contributed by atoms with van der Waals surface area (Å²) in [5.74, 6) is 0. The van der Waals surface area contributed by atoms with Crippen molar-refractivity contribution in [3.63, 3.8) is 0 Å². The van der Waals surface area contributed by atoms with Crippen molar-refractivity contribution in [2.24, 2.45) is 0 Å². The number of nitrogens with two attached hydrogens (primary N) is 1. The normalized spacial score (nSPS) is 13.5. The zero-order chi connectivity index (χ0) is 11.6. The van der Waals surface area contributed by atoms with Crippen LogP contribution in [0.3, 0.4) is 0 Å². The topological polar surface area (TPSA) is 82.0 Å². The molecule has 0 aliphatic rings. The van der Waals surface area contributed by atoms with Crippen molar-refractivity contribution in [1.29, 1.82) is 0 Å². The molecule has 0 aliphatic carbocycles. The number of aromatic nitrogens is 1. The van der Waals surface area contributed by atoms with Gasteiger partial charge >= 0.3 is 12.2 Å². The van der Waals surface area contributed by atoms with Crippen LogP contribution in [0, 0.1) is 10.1 Å². The lowest BCUT2D eigenvalue weighted by atomic mass is 10.1. The number of alkyl halides is 3. The van der Waals surface area contributed by atoms with Gasteiger partial charge in [-0.25, -0.2) is 0 Å². The third-order valence-corrected chi connectivity index (χ3v) is 1.70. The van der Waals surface area contributed by atoms with Crippen LogP contribution < -0.4 is 5.73 Å². The Morgan fingerprint density at radius 1 is 1.53 bits per heavy atom. The Balaban J connectivity index is 3.23. The molecule has 1 atom stereocenters. The summed E-state index contributed by atoms with van der Waals surface area (Å²) in [5.41, 5.74) is 4.27. The summed E-state index contributed by atoms with van der Waals surface area (Å²) < 4.78 is 36.9. The maximum Gasteiger partial charge on any atom is 0.462 e. The molecule has 1 aromatic rings. The lowest BCUT2D eigenvalue weighted by Gasteiger charge is -2.13. The summed E-state index contributed by atoms with van der Waals surface area (Å²) in [6, 6.07) is -1.75. The molecule has 1 unspecified atom stereocenters. The molecule has 0 aromatic carbocycles. The molecule has 1 aromatic heterocycles.